The van der Waals surface area contributed by atoms with Crippen molar-refractivity contribution >= 4 is 37.2 Å². The molecular weight excluding hydrogens is 566 g/mol. The van der Waals surface area contributed by atoms with Crippen molar-refractivity contribution in [2.45, 2.75) is 64.9 Å². The molecule has 0 radical (unpaired) electrons. The van der Waals surface area contributed by atoms with E-state index in [1.165, 1.54) is 0 Å². The Hall–Kier alpha value is -3.97. The summed E-state index contributed by atoms with van der Waals surface area (Å²) in [5, 5.41) is 24.9. The van der Waals surface area contributed by atoms with Gasteiger partial charge < -0.3 is 19.5 Å². The molecule has 42 heavy (non-hydrogen) atoms. The molecule has 3 aromatic carbocycles. The summed E-state index contributed by atoms with van der Waals surface area (Å²) in [6, 6.07) is 21.4. The van der Waals surface area contributed by atoms with E-state index in [0.717, 1.165) is 11.3 Å². The quantitative estimate of drug-likeness (QED) is 0.185. The van der Waals surface area contributed by atoms with E-state index in [2.05, 4.69) is 60.8 Å². The molecule has 8 nitrogen and oxygen atoms in total. The number of hydrogen-bond donors (Lipinski definition) is 2. The van der Waals surface area contributed by atoms with Crippen molar-refractivity contribution in [2.75, 3.05) is 10.6 Å². The van der Waals surface area contributed by atoms with E-state index in [1.54, 1.807) is 30.3 Å². The first-order chi connectivity index (χ1) is 19.8. The zero-order chi connectivity index (χ0) is 30.7. The number of nitrogens with one attached hydrogen (secondary N) is 2. The van der Waals surface area contributed by atoms with Gasteiger partial charge in [0.25, 0.3) is 5.91 Å². The fourth-order valence-electron chi connectivity index (χ4n) is 4.15. The number of nitriles is 1. The molecule has 1 aromatic heterocycles. The van der Waals surface area contributed by atoms with Gasteiger partial charge in [0.15, 0.2) is 8.32 Å². The number of nitrogens with zero attached hydrogens (tertiary/aromatic N) is 3. The Morgan fingerprint density at radius 1 is 1.05 bits per heavy atom. The number of amides is 1. The SMILES string of the molecule is Cc1c(NC(c2nnc(-c3ccc(NC(=O)c4ccccc4)cc3)o2)C(C)O[Si](C)(C)C(C)(C)C)ccc(C#N)c1Cl. The Labute approximate surface area is 253 Å². The smallest absolute Gasteiger partial charge is 0.255 e. The van der Waals surface area contributed by atoms with Crippen molar-refractivity contribution in [2.24, 2.45) is 0 Å². The van der Waals surface area contributed by atoms with Crippen molar-refractivity contribution < 1.29 is 13.6 Å². The average Bonchev–Trinajstić information content (AvgIpc) is 3.43. The van der Waals surface area contributed by atoms with Crippen molar-refractivity contribution in [1.82, 2.24) is 10.2 Å². The second-order valence-electron chi connectivity index (χ2n) is 11.8. The Kier molecular flexibility index (Phi) is 9.21. The van der Waals surface area contributed by atoms with Gasteiger partial charge in [0.2, 0.25) is 11.8 Å². The lowest BCUT2D eigenvalue weighted by molar-refractivity contribution is 0.102. The largest absolute Gasteiger partial charge is 0.418 e. The zero-order valence-electron chi connectivity index (χ0n) is 24.9. The summed E-state index contributed by atoms with van der Waals surface area (Å²) < 4.78 is 12.9. The number of aromatic nitrogens is 2. The monoisotopic (exact) mass is 601 g/mol. The van der Waals surface area contributed by atoms with Crippen LogP contribution in [0.15, 0.2) is 71.1 Å². The van der Waals surface area contributed by atoms with Crippen LogP contribution >= 0.6 is 11.6 Å². The molecule has 0 aliphatic rings. The molecule has 0 spiro atoms. The molecule has 0 bridgehead atoms. The molecule has 10 heteroatoms. The normalized spacial score (nSPS) is 13.2. The molecule has 0 saturated carbocycles. The van der Waals surface area contributed by atoms with Gasteiger partial charge in [0.05, 0.1) is 16.7 Å². The van der Waals surface area contributed by atoms with Crippen LogP contribution in [0, 0.1) is 18.3 Å². The molecule has 4 rings (SSSR count). The van der Waals surface area contributed by atoms with Gasteiger partial charge in [-0.15, -0.1) is 10.2 Å². The minimum Gasteiger partial charge on any atom is -0.418 e. The molecule has 4 aromatic rings. The van der Waals surface area contributed by atoms with Crippen LogP contribution in [-0.2, 0) is 4.43 Å². The van der Waals surface area contributed by atoms with Gasteiger partial charge in [-0.25, -0.2) is 0 Å². The predicted molar refractivity (Wildman–Crippen MR) is 169 cm³/mol. The van der Waals surface area contributed by atoms with Crippen LogP contribution in [0.1, 0.15) is 61.1 Å². The van der Waals surface area contributed by atoms with Gasteiger partial charge in [0.1, 0.15) is 12.1 Å². The average molecular weight is 602 g/mol. The summed E-state index contributed by atoms with van der Waals surface area (Å²) in [7, 11) is -2.16. The number of anilines is 2. The van der Waals surface area contributed by atoms with Gasteiger partial charge in [-0.05, 0) is 86.1 Å². The highest BCUT2D eigenvalue weighted by Gasteiger charge is 2.41. The van der Waals surface area contributed by atoms with Crippen LogP contribution in [0.4, 0.5) is 11.4 Å². The van der Waals surface area contributed by atoms with E-state index in [1.807, 2.05) is 50.2 Å². The number of rotatable bonds is 9. The predicted octanol–water partition coefficient (Wildman–Crippen LogP) is 8.39. The van der Waals surface area contributed by atoms with Gasteiger partial charge in [-0.1, -0.05) is 50.6 Å². The van der Waals surface area contributed by atoms with Crippen molar-refractivity contribution in [3.8, 4) is 17.5 Å². The first-order valence-electron chi connectivity index (χ1n) is 13.7. The summed E-state index contributed by atoms with van der Waals surface area (Å²) in [5.41, 5.74) is 3.83. The summed E-state index contributed by atoms with van der Waals surface area (Å²) in [6.07, 6.45) is -0.330. The first kappa shape index (κ1) is 31.0. The molecule has 0 aliphatic heterocycles. The fourth-order valence-corrected chi connectivity index (χ4v) is 5.78. The van der Waals surface area contributed by atoms with Crippen LogP contribution < -0.4 is 10.6 Å². The van der Waals surface area contributed by atoms with E-state index in [4.69, 9.17) is 20.4 Å². The van der Waals surface area contributed by atoms with E-state index in [9.17, 15) is 10.1 Å². The number of carbonyl (C=O) groups excluding carboxylic acids is 1. The lowest BCUT2D eigenvalue weighted by atomic mass is 10.1. The number of halogens is 1. The molecule has 2 unspecified atom stereocenters. The molecule has 1 amide bonds. The van der Waals surface area contributed by atoms with Gasteiger partial charge in [0, 0.05) is 22.5 Å². The van der Waals surface area contributed by atoms with Crippen LogP contribution in [-0.4, -0.2) is 30.5 Å². The molecule has 2 atom stereocenters. The van der Waals surface area contributed by atoms with Gasteiger partial charge >= 0.3 is 0 Å². The minimum absolute atomic E-state index is 0.00282. The van der Waals surface area contributed by atoms with E-state index < -0.39 is 14.4 Å². The Balaban J connectivity index is 1.61. The van der Waals surface area contributed by atoms with Crippen molar-refractivity contribution in [3.63, 3.8) is 0 Å². The number of benzene rings is 3. The summed E-state index contributed by atoms with van der Waals surface area (Å²) in [6.45, 7) is 14.8. The highest BCUT2D eigenvalue weighted by atomic mass is 35.5. The summed E-state index contributed by atoms with van der Waals surface area (Å²) in [4.78, 5) is 12.5. The van der Waals surface area contributed by atoms with E-state index >= 15 is 0 Å². The molecule has 0 fully saturated rings. The maximum atomic E-state index is 12.5. The van der Waals surface area contributed by atoms with Crippen molar-refractivity contribution in [1.29, 1.82) is 5.26 Å². The third kappa shape index (κ3) is 6.90. The lowest BCUT2D eigenvalue weighted by Crippen LogP contribution is -2.45. The standard InChI is InChI=1S/C32H36ClN5O3Si/c1-20-26(18-15-24(19-34)27(20)33)36-28(21(2)41-42(6,7)32(3,4)5)31-38-37-30(40-31)23-13-16-25(17-14-23)35-29(39)22-11-9-8-10-12-22/h8-18,21,28,36H,1-7H3,(H,35,39). The molecule has 0 aliphatic carbocycles. The molecule has 0 saturated heterocycles. The third-order valence-corrected chi connectivity index (χ3v) is 12.8. The van der Waals surface area contributed by atoms with E-state index in [-0.39, 0.29) is 17.0 Å². The lowest BCUT2D eigenvalue weighted by Gasteiger charge is -2.40. The summed E-state index contributed by atoms with van der Waals surface area (Å²) in [5.74, 6) is 0.510. The molecule has 218 valence electrons. The molecule has 1 heterocycles. The Morgan fingerprint density at radius 3 is 2.33 bits per heavy atom. The van der Waals surface area contributed by atoms with E-state index in [0.29, 0.717) is 39.2 Å². The number of carbonyl (C=O) groups is 1. The first-order valence-corrected chi connectivity index (χ1v) is 17.0. The van der Waals surface area contributed by atoms with Crippen LogP contribution in [0.3, 0.4) is 0 Å². The maximum Gasteiger partial charge on any atom is 0.255 e. The molecular formula is C32H36ClN5O3Si. The highest BCUT2D eigenvalue weighted by Crippen LogP contribution is 2.40. The highest BCUT2D eigenvalue weighted by molar-refractivity contribution is 6.74. The second-order valence-corrected chi connectivity index (χ2v) is 16.9. The summed E-state index contributed by atoms with van der Waals surface area (Å²) >= 11 is 6.47. The second kappa shape index (κ2) is 12.5. The Bertz CT molecular complexity index is 1590. The van der Waals surface area contributed by atoms with Crippen LogP contribution in [0.5, 0.6) is 0 Å². The fraction of sp³-hybridized carbons (Fsp3) is 0.312. The molecule has 2 N–H and O–H groups in total. The van der Waals surface area contributed by atoms with Gasteiger partial charge in [-0.3, -0.25) is 4.79 Å². The third-order valence-electron chi connectivity index (χ3n) is 7.71. The van der Waals surface area contributed by atoms with Crippen LogP contribution in [0.2, 0.25) is 23.2 Å². The topological polar surface area (TPSA) is 113 Å². The van der Waals surface area contributed by atoms with Crippen LogP contribution in [0.25, 0.3) is 11.5 Å². The van der Waals surface area contributed by atoms with Crippen molar-refractivity contribution in [3.05, 3.63) is 94.3 Å². The maximum absolute atomic E-state index is 12.5. The minimum atomic E-state index is -2.16. The number of hydrogen-bond acceptors (Lipinski definition) is 7. The van der Waals surface area contributed by atoms with Gasteiger partial charge in [-0.2, -0.15) is 5.26 Å². The zero-order valence-corrected chi connectivity index (χ0v) is 26.7. The Morgan fingerprint density at radius 2 is 1.71 bits per heavy atom.